The Kier molecular flexibility index (Phi) is 7.42. The zero-order valence-corrected chi connectivity index (χ0v) is 12.0. The van der Waals surface area contributed by atoms with Crippen LogP contribution < -0.4 is 4.72 Å². The average Bonchev–Trinajstić information content (AvgIpc) is 2.28. The molecule has 0 saturated carbocycles. The van der Waals surface area contributed by atoms with Crippen molar-refractivity contribution in [2.24, 2.45) is 0 Å². The highest BCUT2D eigenvalue weighted by molar-refractivity contribution is 7.89. The van der Waals surface area contributed by atoms with Gasteiger partial charge in [-0.25, -0.2) is 13.1 Å². The molecule has 0 fully saturated rings. The lowest BCUT2D eigenvalue weighted by Gasteiger charge is -2.28. The Labute approximate surface area is 109 Å². The Bertz CT molecular complexity index is 354. The minimum atomic E-state index is -3.45. The summed E-state index contributed by atoms with van der Waals surface area (Å²) in [5.74, 6) is -0.540. The van der Waals surface area contributed by atoms with E-state index in [4.69, 9.17) is 5.11 Å². The molecule has 0 aliphatic heterocycles. The lowest BCUT2D eigenvalue weighted by atomic mass is 9.97. The molecule has 18 heavy (non-hydrogen) atoms. The molecule has 0 aromatic rings. The second-order valence-electron chi connectivity index (χ2n) is 4.49. The number of aliphatic hydroxyl groups is 1. The molecular formula is C11H23NO5S. The normalized spacial score (nSPS) is 15.1. The summed E-state index contributed by atoms with van der Waals surface area (Å²) in [6.07, 6.45) is 1.25. The predicted molar refractivity (Wildman–Crippen MR) is 68.6 cm³/mol. The average molecular weight is 281 g/mol. The van der Waals surface area contributed by atoms with Crippen LogP contribution in [-0.2, 0) is 19.6 Å². The van der Waals surface area contributed by atoms with E-state index in [0.29, 0.717) is 12.8 Å². The van der Waals surface area contributed by atoms with E-state index in [1.54, 1.807) is 6.92 Å². The molecule has 6 nitrogen and oxygen atoms in total. The van der Waals surface area contributed by atoms with Gasteiger partial charge in [0.15, 0.2) is 0 Å². The van der Waals surface area contributed by atoms with Crippen molar-refractivity contribution in [3.63, 3.8) is 0 Å². The van der Waals surface area contributed by atoms with E-state index in [-0.39, 0.29) is 25.2 Å². The number of hydrogen-bond donors (Lipinski definition) is 2. The monoisotopic (exact) mass is 281 g/mol. The maximum Gasteiger partial charge on any atom is 0.305 e. The lowest BCUT2D eigenvalue weighted by Crippen LogP contribution is -2.47. The van der Waals surface area contributed by atoms with E-state index in [9.17, 15) is 13.2 Å². The first-order valence-electron chi connectivity index (χ1n) is 5.98. The van der Waals surface area contributed by atoms with Crippen molar-refractivity contribution in [1.82, 2.24) is 4.72 Å². The van der Waals surface area contributed by atoms with Gasteiger partial charge in [-0.05, 0) is 26.2 Å². The van der Waals surface area contributed by atoms with Crippen LogP contribution >= 0.6 is 0 Å². The van der Waals surface area contributed by atoms with Gasteiger partial charge in [-0.3, -0.25) is 4.79 Å². The minimum Gasteiger partial charge on any atom is -0.469 e. The molecule has 0 rings (SSSR count). The molecule has 0 aromatic heterocycles. The smallest absolute Gasteiger partial charge is 0.305 e. The fourth-order valence-corrected chi connectivity index (χ4v) is 3.11. The molecule has 0 radical (unpaired) electrons. The number of rotatable bonds is 9. The van der Waals surface area contributed by atoms with Crippen LogP contribution in [0.4, 0.5) is 0 Å². The molecule has 0 aliphatic rings. The van der Waals surface area contributed by atoms with Crippen molar-refractivity contribution in [1.29, 1.82) is 0 Å². The Morgan fingerprint density at radius 2 is 2.06 bits per heavy atom. The first kappa shape index (κ1) is 17.3. The van der Waals surface area contributed by atoms with E-state index < -0.39 is 21.5 Å². The molecule has 0 heterocycles. The SMILES string of the molecule is CCC(C)(CCO)NS(=O)(=O)CCCC(=O)OC. The predicted octanol–water partition coefficient (Wildman–Crippen LogP) is 0.410. The maximum absolute atomic E-state index is 11.8. The number of ether oxygens (including phenoxy) is 1. The quantitative estimate of drug-likeness (QED) is 0.597. The van der Waals surface area contributed by atoms with Gasteiger partial charge < -0.3 is 9.84 Å². The maximum atomic E-state index is 11.8. The number of aliphatic hydroxyl groups excluding tert-OH is 1. The standard InChI is InChI=1S/C11H23NO5S/c1-4-11(2,7-8-13)12-18(15,16)9-5-6-10(14)17-3/h12-13H,4-9H2,1-3H3. The number of methoxy groups -OCH3 is 1. The van der Waals surface area contributed by atoms with Crippen LogP contribution in [0.5, 0.6) is 0 Å². The highest BCUT2D eigenvalue weighted by Gasteiger charge is 2.27. The number of carbonyl (C=O) groups is 1. The van der Waals surface area contributed by atoms with Crippen LogP contribution in [0.1, 0.15) is 39.5 Å². The first-order valence-corrected chi connectivity index (χ1v) is 7.63. The van der Waals surface area contributed by atoms with E-state index in [2.05, 4.69) is 9.46 Å². The number of sulfonamides is 1. The van der Waals surface area contributed by atoms with E-state index in [0.717, 1.165) is 0 Å². The van der Waals surface area contributed by atoms with Crippen molar-refractivity contribution in [3.05, 3.63) is 0 Å². The van der Waals surface area contributed by atoms with Crippen molar-refractivity contribution < 1.29 is 23.1 Å². The van der Waals surface area contributed by atoms with Gasteiger partial charge in [-0.1, -0.05) is 6.92 Å². The molecule has 0 spiro atoms. The first-order chi connectivity index (χ1) is 8.28. The number of esters is 1. The van der Waals surface area contributed by atoms with Crippen LogP contribution in [0.25, 0.3) is 0 Å². The minimum absolute atomic E-state index is 0.0744. The largest absolute Gasteiger partial charge is 0.469 e. The van der Waals surface area contributed by atoms with E-state index >= 15 is 0 Å². The summed E-state index contributed by atoms with van der Waals surface area (Å²) in [4.78, 5) is 10.9. The number of carbonyl (C=O) groups excluding carboxylic acids is 1. The topological polar surface area (TPSA) is 92.7 Å². The third-order valence-electron chi connectivity index (χ3n) is 2.87. The summed E-state index contributed by atoms with van der Waals surface area (Å²) in [6.45, 7) is 3.53. The number of nitrogens with one attached hydrogen (secondary N) is 1. The molecular weight excluding hydrogens is 258 g/mol. The summed E-state index contributed by atoms with van der Waals surface area (Å²) in [7, 11) is -2.18. The second-order valence-corrected chi connectivity index (χ2v) is 6.33. The second kappa shape index (κ2) is 7.70. The Morgan fingerprint density at radius 3 is 2.50 bits per heavy atom. The van der Waals surface area contributed by atoms with Crippen molar-refractivity contribution in [2.75, 3.05) is 19.5 Å². The van der Waals surface area contributed by atoms with Gasteiger partial charge in [0.2, 0.25) is 10.0 Å². The highest BCUT2D eigenvalue weighted by atomic mass is 32.2. The molecule has 7 heteroatoms. The molecule has 1 atom stereocenters. The summed E-state index contributed by atoms with van der Waals surface area (Å²) < 4.78 is 30.6. The van der Waals surface area contributed by atoms with E-state index in [1.807, 2.05) is 6.92 Å². The molecule has 0 amide bonds. The van der Waals surface area contributed by atoms with Gasteiger partial charge in [-0.15, -0.1) is 0 Å². The van der Waals surface area contributed by atoms with Gasteiger partial charge in [0.05, 0.1) is 12.9 Å². The molecule has 108 valence electrons. The van der Waals surface area contributed by atoms with Crippen molar-refractivity contribution in [2.45, 2.75) is 45.1 Å². The van der Waals surface area contributed by atoms with Crippen LogP contribution in [0.3, 0.4) is 0 Å². The Hall–Kier alpha value is -0.660. The van der Waals surface area contributed by atoms with E-state index in [1.165, 1.54) is 7.11 Å². The summed E-state index contributed by atoms with van der Waals surface area (Å²) in [6, 6.07) is 0. The van der Waals surface area contributed by atoms with Crippen LogP contribution in [0.15, 0.2) is 0 Å². The van der Waals surface area contributed by atoms with Crippen molar-refractivity contribution >= 4 is 16.0 Å². The summed E-state index contributed by atoms with van der Waals surface area (Å²) in [5.41, 5.74) is -0.640. The Morgan fingerprint density at radius 1 is 1.44 bits per heavy atom. The highest BCUT2D eigenvalue weighted by Crippen LogP contribution is 2.15. The zero-order chi connectivity index (χ0) is 14.2. The zero-order valence-electron chi connectivity index (χ0n) is 11.2. The summed E-state index contributed by atoms with van der Waals surface area (Å²) in [5, 5.41) is 8.91. The van der Waals surface area contributed by atoms with Crippen molar-refractivity contribution in [3.8, 4) is 0 Å². The van der Waals surface area contributed by atoms with Gasteiger partial charge in [-0.2, -0.15) is 0 Å². The third-order valence-corrected chi connectivity index (χ3v) is 4.50. The molecule has 2 N–H and O–H groups in total. The fraction of sp³-hybridized carbons (Fsp3) is 0.909. The molecule has 0 aliphatic carbocycles. The lowest BCUT2D eigenvalue weighted by molar-refractivity contribution is -0.140. The van der Waals surface area contributed by atoms with Crippen LogP contribution in [0, 0.1) is 0 Å². The molecule has 0 saturated heterocycles. The Balaban J connectivity index is 4.33. The third kappa shape index (κ3) is 6.93. The summed E-state index contributed by atoms with van der Waals surface area (Å²) >= 11 is 0. The molecule has 1 unspecified atom stereocenters. The van der Waals surface area contributed by atoms with Gasteiger partial charge in [0, 0.05) is 18.6 Å². The van der Waals surface area contributed by atoms with Crippen LogP contribution in [0.2, 0.25) is 0 Å². The number of hydrogen-bond acceptors (Lipinski definition) is 5. The van der Waals surface area contributed by atoms with Gasteiger partial charge in [0.1, 0.15) is 0 Å². The van der Waals surface area contributed by atoms with Gasteiger partial charge >= 0.3 is 5.97 Å². The van der Waals surface area contributed by atoms with Gasteiger partial charge in [0.25, 0.3) is 0 Å². The molecule has 0 aromatic carbocycles. The fourth-order valence-electron chi connectivity index (χ4n) is 1.48. The molecule has 0 bridgehead atoms. The van der Waals surface area contributed by atoms with Crippen LogP contribution in [-0.4, -0.2) is 44.5 Å².